The van der Waals surface area contributed by atoms with Crippen LogP contribution < -0.4 is 10.1 Å². The maximum Gasteiger partial charge on any atom is 0.224 e. The highest BCUT2D eigenvalue weighted by molar-refractivity contribution is 5.77. The van der Waals surface area contributed by atoms with Crippen LogP contribution in [0.25, 0.3) is 0 Å². The number of nitrogens with zero attached hydrogens (tertiary/aromatic N) is 2. The summed E-state index contributed by atoms with van der Waals surface area (Å²) in [6, 6.07) is 9.48. The van der Waals surface area contributed by atoms with Crippen molar-refractivity contribution in [3.63, 3.8) is 0 Å². The number of hydrogen-bond acceptors (Lipinski definition) is 5. The normalized spacial score (nSPS) is 16.2. The van der Waals surface area contributed by atoms with Gasteiger partial charge < -0.3 is 14.6 Å². The van der Waals surface area contributed by atoms with E-state index in [0.29, 0.717) is 24.7 Å². The van der Waals surface area contributed by atoms with Crippen molar-refractivity contribution >= 4 is 5.91 Å². The Morgan fingerprint density at radius 3 is 2.70 bits per heavy atom. The molecule has 0 radical (unpaired) electrons. The molecule has 23 heavy (non-hydrogen) atoms. The van der Waals surface area contributed by atoms with Gasteiger partial charge in [0.2, 0.25) is 11.8 Å². The molecule has 1 saturated carbocycles. The van der Waals surface area contributed by atoms with E-state index >= 15 is 0 Å². The summed E-state index contributed by atoms with van der Waals surface area (Å²) >= 11 is 0. The Bertz CT molecular complexity index is 648. The fourth-order valence-corrected chi connectivity index (χ4v) is 2.98. The van der Waals surface area contributed by atoms with Gasteiger partial charge in [0.25, 0.3) is 0 Å². The van der Waals surface area contributed by atoms with Gasteiger partial charge in [-0.3, -0.25) is 4.79 Å². The number of ether oxygens (including phenoxy) is 1. The van der Waals surface area contributed by atoms with Gasteiger partial charge >= 0.3 is 0 Å². The van der Waals surface area contributed by atoms with E-state index < -0.39 is 5.54 Å². The Balaban J connectivity index is 1.57. The van der Waals surface area contributed by atoms with Crippen LogP contribution in [0.4, 0.5) is 0 Å². The predicted molar refractivity (Wildman–Crippen MR) is 83.9 cm³/mol. The van der Waals surface area contributed by atoms with Crippen LogP contribution in [-0.4, -0.2) is 22.7 Å². The van der Waals surface area contributed by atoms with Crippen molar-refractivity contribution in [2.24, 2.45) is 0 Å². The molecule has 6 heteroatoms. The zero-order valence-electron chi connectivity index (χ0n) is 13.2. The lowest BCUT2D eigenvalue weighted by molar-refractivity contribution is -0.123. The summed E-state index contributed by atoms with van der Waals surface area (Å²) in [7, 11) is 0. The molecule has 1 aromatic heterocycles. The Kier molecular flexibility index (Phi) is 4.60. The monoisotopic (exact) mass is 315 g/mol. The molecular formula is C17H21N3O3. The number of carbonyl (C=O) groups is 1. The SMILES string of the molecule is Cc1nc(C2(NC(=O)CCOc3ccccc3)CCCC2)no1. The van der Waals surface area contributed by atoms with Gasteiger partial charge in [-0.05, 0) is 25.0 Å². The molecule has 3 rings (SSSR count). The molecule has 0 saturated heterocycles. The Labute approximate surface area is 135 Å². The maximum atomic E-state index is 12.3. The number of rotatable bonds is 6. The average Bonchev–Trinajstić information content (AvgIpc) is 3.18. The minimum atomic E-state index is -0.485. The van der Waals surface area contributed by atoms with Crippen LogP contribution in [0, 0.1) is 6.92 Å². The molecule has 0 unspecified atom stereocenters. The Hall–Kier alpha value is -2.37. The highest BCUT2D eigenvalue weighted by Gasteiger charge is 2.41. The van der Waals surface area contributed by atoms with Crippen molar-refractivity contribution in [1.29, 1.82) is 0 Å². The lowest BCUT2D eigenvalue weighted by Crippen LogP contribution is -2.45. The maximum absolute atomic E-state index is 12.3. The first-order valence-corrected chi connectivity index (χ1v) is 7.98. The number of para-hydroxylation sites is 1. The van der Waals surface area contributed by atoms with E-state index in [1.165, 1.54) is 0 Å². The van der Waals surface area contributed by atoms with Crippen molar-refractivity contribution in [2.45, 2.75) is 44.6 Å². The zero-order chi connectivity index (χ0) is 16.1. The van der Waals surface area contributed by atoms with E-state index in [4.69, 9.17) is 9.26 Å². The molecule has 1 amide bonds. The predicted octanol–water partition coefficient (Wildman–Crippen LogP) is 2.73. The molecule has 1 heterocycles. The molecule has 0 spiro atoms. The third-order valence-electron chi connectivity index (χ3n) is 4.13. The first-order chi connectivity index (χ1) is 11.2. The van der Waals surface area contributed by atoms with E-state index in [1.54, 1.807) is 6.92 Å². The minimum Gasteiger partial charge on any atom is -0.493 e. The number of aromatic nitrogens is 2. The van der Waals surface area contributed by atoms with Crippen molar-refractivity contribution in [1.82, 2.24) is 15.5 Å². The van der Waals surface area contributed by atoms with Crippen LogP contribution in [0.2, 0.25) is 0 Å². The summed E-state index contributed by atoms with van der Waals surface area (Å²) in [5.41, 5.74) is -0.485. The number of aryl methyl sites for hydroxylation is 1. The van der Waals surface area contributed by atoms with Crippen LogP contribution in [0.5, 0.6) is 5.75 Å². The smallest absolute Gasteiger partial charge is 0.224 e. The lowest BCUT2D eigenvalue weighted by atomic mass is 9.96. The van der Waals surface area contributed by atoms with Crippen LogP contribution >= 0.6 is 0 Å². The third kappa shape index (κ3) is 3.70. The van der Waals surface area contributed by atoms with E-state index in [9.17, 15) is 4.79 Å². The van der Waals surface area contributed by atoms with Crippen molar-refractivity contribution in [2.75, 3.05) is 6.61 Å². The summed E-state index contributed by atoms with van der Waals surface area (Å²) in [6.07, 6.45) is 4.09. The van der Waals surface area contributed by atoms with Crippen LogP contribution in [0.1, 0.15) is 43.8 Å². The molecule has 122 valence electrons. The summed E-state index contributed by atoms with van der Waals surface area (Å²) < 4.78 is 10.7. The molecule has 1 N–H and O–H groups in total. The number of nitrogens with one attached hydrogen (secondary N) is 1. The summed E-state index contributed by atoms with van der Waals surface area (Å²) in [5.74, 6) is 1.83. The van der Waals surface area contributed by atoms with Gasteiger partial charge in [-0.1, -0.05) is 36.2 Å². The number of carbonyl (C=O) groups excluding carboxylic acids is 1. The Morgan fingerprint density at radius 1 is 1.30 bits per heavy atom. The highest BCUT2D eigenvalue weighted by atomic mass is 16.5. The molecule has 2 aromatic rings. The molecule has 0 atom stereocenters. The van der Waals surface area contributed by atoms with Gasteiger partial charge in [-0.2, -0.15) is 4.98 Å². The molecule has 6 nitrogen and oxygen atoms in total. The molecule has 1 aromatic carbocycles. The third-order valence-corrected chi connectivity index (χ3v) is 4.13. The number of hydrogen-bond donors (Lipinski definition) is 1. The van der Waals surface area contributed by atoms with Crippen molar-refractivity contribution in [3.8, 4) is 5.75 Å². The average molecular weight is 315 g/mol. The fourth-order valence-electron chi connectivity index (χ4n) is 2.98. The second kappa shape index (κ2) is 6.81. The molecular weight excluding hydrogens is 294 g/mol. The summed E-state index contributed by atoms with van der Waals surface area (Å²) in [6.45, 7) is 2.10. The van der Waals surface area contributed by atoms with Crippen LogP contribution in [0.3, 0.4) is 0 Å². The zero-order valence-corrected chi connectivity index (χ0v) is 13.2. The van der Waals surface area contributed by atoms with Crippen molar-refractivity contribution < 1.29 is 14.1 Å². The van der Waals surface area contributed by atoms with Crippen LogP contribution in [0.15, 0.2) is 34.9 Å². The topological polar surface area (TPSA) is 77.2 Å². The van der Waals surface area contributed by atoms with Gasteiger partial charge in [0.15, 0.2) is 5.82 Å². The lowest BCUT2D eigenvalue weighted by Gasteiger charge is -2.26. The Morgan fingerprint density at radius 2 is 2.04 bits per heavy atom. The summed E-state index contributed by atoms with van der Waals surface area (Å²) in [5, 5.41) is 7.12. The van der Waals surface area contributed by atoms with Crippen LogP contribution in [-0.2, 0) is 10.3 Å². The fraction of sp³-hybridized carbons (Fsp3) is 0.471. The second-order valence-electron chi connectivity index (χ2n) is 5.89. The van der Waals surface area contributed by atoms with E-state index in [0.717, 1.165) is 31.4 Å². The van der Waals surface area contributed by atoms with Gasteiger partial charge in [0.05, 0.1) is 13.0 Å². The quantitative estimate of drug-likeness (QED) is 0.887. The minimum absolute atomic E-state index is 0.0507. The first-order valence-electron chi connectivity index (χ1n) is 7.98. The van der Waals surface area contributed by atoms with E-state index in [-0.39, 0.29) is 5.91 Å². The first kappa shape index (κ1) is 15.5. The van der Waals surface area contributed by atoms with Gasteiger partial charge in [0.1, 0.15) is 11.3 Å². The molecule has 1 aliphatic rings. The molecule has 1 fully saturated rings. The van der Waals surface area contributed by atoms with Gasteiger partial charge in [-0.15, -0.1) is 0 Å². The molecule has 0 aliphatic heterocycles. The van der Waals surface area contributed by atoms with Gasteiger partial charge in [-0.25, -0.2) is 0 Å². The molecule has 1 aliphatic carbocycles. The summed E-state index contributed by atoms with van der Waals surface area (Å²) in [4.78, 5) is 16.6. The number of amides is 1. The van der Waals surface area contributed by atoms with E-state index in [2.05, 4.69) is 15.5 Å². The number of benzene rings is 1. The van der Waals surface area contributed by atoms with Gasteiger partial charge in [0, 0.05) is 6.92 Å². The second-order valence-corrected chi connectivity index (χ2v) is 5.89. The standard InChI is InChI=1S/C17H21N3O3/c1-13-18-16(20-23-13)17(10-5-6-11-17)19-15(21)9-12-22-14-7-3-2-4-8-14/h2-4,7-8H,5-6,9-12H2,1H3,(H,19,21). The molecule has 0 bridgehead atoms. The van der Waals surface area contributed by atoms with E-state index in [1.807, 2.05) is 30.3 Å². The van der Waals surface area contributed by atoms with Crippen molar-refractivity contribution in [3.05, 3.63) is 42.0 Å². The largest absolute Gasteiger partial charge is 0.493 e. The highest BCUT2D eigenvalue weighted by Crippen LogP contribution is 2.37.